The highest BCUT2D eigenvalue weighted by Crippen LogP contribution is 2.43. The molecule has 1 saturated heterocycles. The van der Waals surface area contributed by atoms with Gasteiger partial charge in [-0.15, -0.1) is 0 Å². The predicted molar refractivity (Wildman–Crippen MR) is 50.3 cm³/mol. The predicted octanol–water partition coefficient (Wildman–Crippen LogP) is 0.801. The van der Waals surface area contributed by atoms with Crippen molar-refractivity contribution >= 4 is 6.09 Å². The number of carboxylic acid groups (broad SMARTS) is 1. The van der Waals surface area contributed by atoms with E-state index in [1.54, 1.807) is 6.20 Å². The van der Waals surface area contributed by atoms with Gasteiger partial charge in [0.05, 0.1) is 25.5 Å². The Morgan fingerprint density at radius 2 is 2.40 bits per heavy atom. The highest BCUT2D eigenvalue weighted by Gasteiger charge is 2.53. The van der Waals surface area contributed by atoms with Gasteiger partial charge in [0, 0.05) is 11.8 Å². The molecule has 0 saturated carbocycles. The summed E-state index contributed by atoms with van der Waals surface area (Å²) in [6, 6.07) is 3.78. The Balaban J connectivity index is 2.11. The maximum absolute atomic E-state index is 11.1. The molecule has 3 heterocycles. The quantitative estimate of drug-likeness (QED) is 0.682. The lowest BCUT2D eigenvalue weighted by Gasteiger charge is -2.44. The van der Waals surface area contributed by atoms with Gasteiger partial charge < -0.3 is 9.84 Å². The second-order valence-electron chi connectivity index (χ2n) is 3.89. The van der Waals surface area contributed by atoms with Crippen LogP contribution in [0.15, 0.2) is 18.3 Å². The van der Waals surface area contributed by atoms with Crippen molar-refractivity contribution in [1.29, 1.82) is 0 Å². The van der Waals surface area contributed by atoms with E-state index in [2.05, 4.69) is 4.98 Å². The van der Waals surface area contributed by atoms with Crippen molar-refractivity contribution in [2.24, 2.45) is 0 Å². The fraction of sp³-hybridized carbons (Fsp3) is 0.400. The monoisotopic (exact) mass is 206 g/mol. The lowest BCUT2D eigenvalue weighted by molar-refractivity contribution is -0.127. The minimum atomic E-state index is -0.906. The van der Waals surface area contributed by atoms with E-state index in [0.717, 1.165) is 11.3 Å². The fourth-order valence-electron chi connectivity index (χ4n) is 2.29. The highest BCUT2D eigenvalue weighted by atomic mass is 16.5. The number of rotatable bonds is 0. The van der Waals surface area contributed by atoms with E-state index in [1.165, 1.54) is 4.90 Å². The van der Waals surface area contributed by atoms with E-state index in [1.807, 2.05) is 12.1 Å². The van der Waals surface area contributed by atoms with E-state index in [4.69, 9.17) is 9.84 Å². The van der Waals surface area contributed by atoms with Gasteiger partial charge in [-0.2, -0.15) is 0 Å². The molecule has 0 aromatic carbocycles. The third kappa shape index (κ3) is 0.955. The molecular weight excluding hydrogens is 196 g/mol. The van der Waals surface area contributed by atoms with E-state index in [0.29, 0.717) is 19.8 Å². The van der Waals surface area contributed by atoms with Gasteiger partial charge in [-0.05, 0) is 6.07 Å². The van der Waals surface area contributed by atoms with Crippen molar-refractivity contribution in [3.05, 3.63) is 29.6 Å². The summed E-state index contributed by atoms with van der Waals surface area (Å²) >= 11 is 0. The number of aromatic nitrogens is 1. The molecule has 1 N–H and O–H groups in total. The Labute approximate surface area is 86.3 Å². The van der Waals surface area contributed by atoms with Gasteiger partial charge in [0.1, 0.15) is 5.54 Å². The summed E-state index contributed by atoms with van der Waals surface area (Å²) in [5.74, 6) is 0. The standard InChI is InChI=1S/C10H10N2O3/c13-9(14)12-4-8-7(2-1-3-11-8)10(12)5-15-6-10/h1-3H,4-6H2,(H,13,14). The first-order valence-corrected chi connectivity index (χ1v) is 4.77. The number of carbonyl (C=O) groups is 1. The van der Waals surface area contributed by atoms with Crippen LogP contribution in [0.4, 0.5) is 4.79 Å². The third-order valence-electron chi connectivity index (χ3n) is 3.13. The Hall–Kier alpha value is -1.62. The average molecular weight is 206 g/mol. The minimum Gasteiger partial charge on any atom is -0.465 e. The van der Waals surface area contributed by atoms with Crippen LogP contribution in [0.2, 0.25) is 0 Å². The molecule has 15 heavy (non-hydrogen) atoms. The summed E-state index contributed by atoms with van der Waals surface area (Å²) in [5.41, 5.74) is 1.39. The van der Waals surface area contributed by atoms with Gasteiger partial charge in [0.15, 0.2) is 0 Å². The molecule has 0 atom stereocenters. The number of hydrogen-bond donors (Lipinski definition) is 1. The summed E-state index contributed by atoms with van der Waals surface area (Å²) in [6.45, 7) is 1.25. The average Bonchev–Trinajstić information content (AvgIpc) is 2.51. The van der Waals surface area contributed by atoms with Gasteiger partial charge in [-0.25, -0.2) is 4.79 Å². The van der Waals surface area contributed by atoms with Crippen LogP contribution in [0.1, 0.15) is 11.3 Å². The van der Waals surface area contributed by atoms with E-state index >= 15 is 0 Å². The van der Waals surface area contributed by atoms with Gasteiger partial charge in [-0.1, -0.05) is 6.07 Å². The fourth-order valence-corrected chi connectivity index (χ4v) is 2.29. The number of pyridine rings is 1. The van der Waals surface area contributed by atoms with Crippen molar-refractivity contribution in [1.82, 2.24) is 9.88 Å². The Morgan fingerprint density at radius 3 is 3.00 bits per heavy atom. The minimum absolute atomic E-state index is 0.370. The molecule has 3 rings (SSSR count). The van der Waals surface area contributed by atoms with Gasteiger partial charge in [-0.3, -0.25) is 9.88 Å². The van der Waals surface area contributed by atoms with Crippen LogP contribution in [0.5, 0.6) is 0 Å². The highest BCUT2D eigenvalue weighted by molar-refractivity contribution is 5.68. The second kappa shape index (κ2) is 2.70. The van der Waals surface area contributed by atoms with Crippen LogP contribution in [0, 0.1) is 0 Å². The van der Waals surface area contributed by atoms with Crippen molar-refractivity contribution in [3.63, 3.8) is 0 Å². The Kier molecular flexibility index (Phi) is 1.56. The molecule has 78 valence electrons. The summed E-state index contributed by atoms with van der Waals surface area (Å²) in [4.78, 5) is 16.8. The van der Waals surface area contributed by atoms with Crippen LogP contribution in [0.25, 0.3) is 0 Å². The number of hydrogen-bond acceptors (Lipinski definition) is 3. The van der Waals surface area contributed by atoms with E-state index in [9.17, 15) is 4.79 Å². The second-order valence-corrected chi connectivity index (χ2v) is 3.89. The smallest absolute Gasteiger partial charge is 0.408 e. The number of amides is 1. The van der Waals surface area contributed by atoms with Gasteiger partial charge in [0.25, 0.3) is 0 Å². The Bertz CT molecular complexity index is 428. The van der Waals surface area contributed by atoms with Crippen LogP contribution >= 0.6 is 0 Å². The first-order chi connectivity index (χ1) is 7.24. The molecular formula is C10H10N2O3. The number of ether oxygens (including phenoxy) is 1. The molecule has 1 aromatic heterocycles. The normalized spacial score (nSPS) is 21.2. The molecule has 2 aliphatic heterocycles. The molecule has 5 heteroatoms. The molecule has 0 unspecified atom stereocenters. The Morgan fingerprint density at radius 1 is 1.60 bits per heavy atom. The number of nitrogens with zero attached hydrogens (tertiary/aromatic N) is 2. The lowest BCUT2D eigenvalue weighted by Crippen LogP contribution is -2.57. The molecule has 1 amide bonds. The van der Waals surface area contributed by atoms with Crippen molar-refractivity contribution in [2.45, 2.75) is 12.1 Å². The molecule has 1 spiro atoms. The van der Waals surface area contributed by atoms with E-state index < -0.39 is 11.6 Å². The molecule has 5 nitrogen and oxygen atoms in total. The van der Waals surface area contributed by atoms with Crippen molar-refractivity contribution in [3.8, 4) is 0 Å². The largest absolute Gasteiger partial charge is 0.465 e. The van der Waals surface area contributed by atoms with Crippen LogP contribution in [0.3, 0.4) is 0 Å². The van der Waals surface area contributed by atoms with Crippen LogP contribution in [-0.2, 0) is 16.8 Å². The zero-order valence-electron chi connectivity index (χ0n) is 8.01. The zero-order valence-corrected chi connectivity index (χ0v) is 8.01. The maximum atomic E-state index is 11.1. The summed E-state index contributed by atoms with van der Waals surface area (Å²) < 4.78 is 5.16. The molecule has 0 aliphatic carbocycles. The topological polar surface area (TPSA) is 62.7 Å². The van der Waals surface area contributed by atoms with Crippen molar-refractivity contribution < 1.29 is 14.6 Å². The SMILES string of the molecule is O=C(O)N1Cc2ncccc2C12COC2. The van der Waals surface area contributed by atoms with Crippen LogP contribution in [-0.4, -0.2) is 34.3 Å². The van der Waals surface area contributed by atoms with Gasteiger partial charge >= 0.3 is 6.09 Å². The molecule has 1 aromatic rings. The number of fused-ring (bicyclic) bond motifs is 2. The van der Waals surface area contributed by atoms with E-state index in [-0.39, 0.29) is 0 Å². The first-order valence-electron chi connectivity index (χ1n) is 4.77. The summed E-state index contributed by atoms with van der Waals surface area (Å²) in [5, 5.41) is 9.13. The first kappa shape index (κ1) is 8.67. The molecule has 0 bridgehead atoms. The zero-order chi connectivity index (χ0) is 10.5. The van der Waals surface area contributed by atoms with Crippen LogP contribution < -0.4 is 0 Å². The lowest BCUT2D eigenvalue weighted by atomic mass is 9.89. The molecule has 0 radical (unpaired) electrons. The summed E-state index contributed by atoms with van der Waals surface area (Å²) in [6.07, 6.45) is 0.786. The molecule has 1 fully saturated rings. The molecule has 2 aliphatic rings. The maximum Gasteiger partial charge on any atom is 0.408 e. The van der Waals surface area contributed by atoms with Gasteiger partial charge in [0.2, 0.25) is 0 Å². The summed E-state index contributed by atoms with van der Waals surface area (Å²) in [7, 11) is 0. The van der Waals surface area contributed by atoms with Crippen molar-refractivity contribution in [2.75, 3.05) is 13.2 Å². The third-order valence-corrected chi connectivity index (χ3v) is 3.13.